The first-order chi connectivity index (χ1) is 23.0. The summed E-state index contributed by atoms with van der Waals surface area (Å²) in [5.41, 5.74) is 3.08. The van der Waals surface area contributed by atoms with Gasteiger partial charge < -0.3 is 24.5 Å². The van der Waals surface area contributed by atoms with Crippen molar-refractivity contribution >= 4 is 20.3 Å². The fourth-order valence-electron chi connectivity index (χ4n) is 10.6. The van der Waals surface area contributed by atoms with Gasteiger partial charge in [0.05, 0.1) is 6.10 Å². The van der Waals surface area contributed by atoms with Gasteiger partial charge in [-0.1, -0.05) is 45.0 Å². The normalized spacial score (nSPS) is 31.1. The summed E-state index contributed by atoms with van der Waals surface area (Å²) in [6.45, 7) is 19.4. The minimum Gasteiger partial charge on any atom is -0.543 e. The van der Waals surface area contributed by atoms with Gasteiger partial charge >= 0.3 is 6.09 Å². The summed E-state index contributed by atoms with van der Waals surface area (Å²) in [4.78, 5) is 31.2. The molecule has 2 amide bonds. The van der Waals surface area contributed by atoms with Gasteiger partial charge in [-0.05, 0) is 130 Å². The third kappa shape index (κ3) is 5.62. The Kier molecular flexibility index (Phi) is 8.35. The largest absolute Gasteiger partial charge is 0.543 e. The molecule has 0 spiro atoms. The molecule has 4 fully saturated rings. The van der Waals surface area contributed by atoms with Gasteiger partial charge in [0, 0.05) is 42.7 Å². The standard InChI is InChI=1S/C40H57N3O5Si/c1-37(2,3)47-36(46)41-23-29(44)25-42-19-18-40-31-21-30(48-49(7,8)38(4,5)6)15-14-27(31)20-33(42)39(40)17-16-32-34(40)28(22-39)24-43(32)35(45)26-12-10-9-11-13-26/h9-15,21,28-29,32-34,44H,16-20,22-25H2,1-8H3,(H,41,46)/t28-,29?,32-,33-,34-,39-,40+/m1/s1. The Morgan fingerprint density at radius 1 is 1.06 bits per heavy atom. The summed E-state index contributed by atoms with van der Waals surface area (Å²) < 4.78 is 12.4. The van der Waals surface area contributed by atoms with E-state index < -0.39 is 26.1 Å². The van der Waals surface area contributed by atoms with Crippen LogP contribution >= 0.6 is 0 Å². The minimum atomic E-state index is -2.05. The third-order valence-electron chi connectivity index (χ3n) is 13.4. The van der Waals surface area contributed by atoms with E-state index in [1.54, 1.807) is 0 Å². The van der Waals surface area contributed by atoms with Crippen LogP contribution in [0.1, 0.15) is 88.7 Å². The van der Waals surface area contributed by atoms with Gasteiger partial charge in [0.2, 0.25) is 8.32 Å². The van der Waals surface area contributed by atoms with E-state index in [-0.39, 0.29) is 34.4 Å². The van der Waals surface area contributed by atoms with E-state index in [2.05, 4.69) is 67.2 Å². The van der Waals surface area contributed by atoms with Crippen LogP contribution in [0.5, 0.6) is 5.75 Å². The number of nitrogens with one attached hydrogen (secondary N) is 1. The summed E-state index contributed by atoms with van der Waals surface area (Å²) in [5, 5.41) is 14.1. The molecule has 9 heteroatoms. The summed E-state index contributed by atoms with van der Waals surface area (Å²) in [5.74, 6) is 2.01. The lowest BCUT2D eigenvalue weighted by atomic mass is 9.43. The molecule has 2 saturated heterocycles. The summed E-state index contributed by atoms with van der Waals surface area (Å²) in [7, 11) is -2.05. The zero-order valence-corrected chi connectivity index (χ0v) is 31.8. The molecular weight excluding hydrogens is 631 g/mol. The molecule has 0 radical (unpaired) electrons. The highest BCUT2D eigenvalue weighted by atomic mass is 28.4. The number of ether oxygens (including phenoxy) is 1. The van der Waals surface area contributed by atoms with Crippen molar-refractivity contribution in [3.05, 3.63) is 65.2 Å². The van der Waals surface area contributed by atoms with Gasteiger partial charge in [0.1, 0.15) is 11.4 Å². The van der Waals surface area contributed by atoms with Crippen molar-refractivity contribution in [3.63, 3.8) is 0 Å². The highest BCUT2D eigenvalue weighted by Gasteiger charge is 2.76. The molecular formula is C40H57N3O5Si. The quantitative estimate of drug-likeness (QED) is 0.313. The molecule has 266 valence electrons. The Morgan fingerprint density at radius 3 is 2.49 bits per heavy atom. The van der Waals surface area contributed by atoms with Crippen LogP contribution in [0.2, 0.25) is 18.1 Å². The molecule has 4 bridgehead atoms. The number of likely N-dealkylation sites (tertiary alicyclic amines) is 2. The maximum Gasteiger partial charge on any atom is 0.407 e. The van der Waals surface area contributed by atoms with Crippen LogP contribution in [-0.2, 0) is 16.6 Å². The van der Waals surface area contributed by atoms with E-state index in [1.807, 2.05) is 51.1 Å². The van der Waals surface area contributed by atoms with Crippen LogP contribution in [0.25, 0.3) is 0 Å². The van der Waals surface area contributed by atoms with Crippen LogP contribution in [0.4, 0.5) is 4.79 Å². The zero-order valence-electron chi connectivity index (χ0n) is 30.8. The van der Waals surface area contributed by atoms with Crippen molar-refractivity contribution in [1.82, 2.24) is 15.1 Å². The van der Waals surface area contributed by atoms with E-state index in [4.69, 9.17) is 9.16 Å². The molecule has 3 aliphatic carbocycles. The van der Waals surface area contributed by atoms with Gasteiger partial charge in [-0.15, -0.1) is 0 Å². The van der Waals surface area contributed by atoms with Crippen LogP contribution < -0.4 is 9.74 Å². The molecule has 2 N–H and O–H groups in total. The van der Waals surface area contributed by atoms with Crippen LogP contribution in [0.3, 0.4) is 0 Å². The molecule has 49 heavy (non-hydrogen) atoms. The van der Waals surface area contributed by atoms with Crippen molar-refractivity contribution < 1.29 is 23.9 Å². The van der Waals surface area contributed by atoms with Gasteiger partial charge in [-0.2, -0.15) is 0 Å². The number of aliphatic hydroxyl groups is 1. The second-order valence-electron chi connectivity index (χ2n) is 18.2. The van der Waals surface area contributed by atoms with Gasteiger partial charge in [-0.25, -0.2) is 4.79 Å². The molecule has 2 aliphatic heterocycles. The predicted octanol–water partition coefficient (Wildman–Crippen LogP) is 6.77. The van der Waals surface area contributed by atoms with Crippen LogP contribution in [0, 0.1) is 17.3 Å². The number of nitrogens with zero attached hydrogens (tertiary/aromatic N) is 2. The Hall–Kier alpha value is -2.88. The van der Waals surface area contributed by atoms with Crippen LogP contribution in [-0.4, -0.2) is 85.2 Å². The predicted molar refractivity (Wildman–Crippen MR) is 194 cm³/mol. The molecule has 8 nitrogen and oxygen atoms in total. The number of rotatable bonds is 7. The Morgan fingerprint density at radius 2 is 1.80 bits per heavy atom. The number of benzene rings is 2. The van der Waals surface area contributed by atoms with E-state index in [0.717, 1.165) is 56.5 Å². The maximum absolute atomic E-state index is 14.0. The number of β-amino-alcohol motifs (C(OH)–C–C–N with tert-alkyl or cyclic N) is 1. The molecule has 2 saturated carbocycles. The smallest absolute Gasteiger partial charge is 0.407 e. The van der Waals surface area contributed by atoms with Gasteiger partial charge in [0.25, 0.3) is 5.91 Å². The molecule has 1 unspecified atom stereocenters. The summed E-state index contributed by atoms with van der Waals surface area (Å²) in [6.07, 6.45) is 3.94. The van der Waals surface area contributed by atoms with Crippen molar-refractivity contribution in [1.29, 1.82) is 0 Å². The fraction of sp³-hybridized carbons (Fsp3) is 0.650. The van der Waals surface area contributed by atoms with Crippen molar-refractivity contribution in [2.75, 3.05) is 26.2 Å². The molecule has 0 aromatic heterocycles. The zero-order chi connectivity index (χ0) is 35.1. The fourth-order valence-corrected chi connectivity index (χ4v) is 11.7. The van der Waals surface area contributed by atoms with Crippen LogP contribution in [0.15, 0.2) is 48.5 Å². The second-order valence-corrected chi connectivity index (χ2v) is 23.0. The lowest BCUT2D eigenvalue weighted by molar-refractivity contribution is -0.108. The van der Waals surface area contributed by atoms with Crippen molar-refractivity contribution in [2.24, 2.45) is 17.3 Å². The average molecular weight is 688 g/mol. The highest BCUT2D eigenvalue weighted by Crippen LogP contribution is 2.75. The SMILES string of the molecule is CC(C)(C)OC(=O)NCC(O)CN1CC[C@@]23c4cc(O[Si](C)(C)C(C)(C)C)ccc4C[C@@H]1[C@]21CC[C@@H]2[C@H]3[C@@H](CN2C(=O)c2ccccc2)C1. The second kappa shape index (κ2) is 11.8. The number of fused-ring (bicyclic) bond motifs is 1. The van der Waals surface area contributed by atoms with Gasteiger partial charge in [0.15, 0.2) is 0 Å². The summed E-state index contributed by atoms with van der Waals surface area (Å²) in [6, 6.07) is 17.3. The Labute approximate surface area is 294 Å². The number of carbonyl (C=O) groups is 2. The summed E-state index contributed by atoms with van der Waals surface area (Å²) >= 11 is 0. The number of alkyl carbamates (subject to hydrolysis) is 1. The molecule has 7 atom stereocenters. The van der Waals surface area contributed by atoms with Crippen molar-refractivity contribution in [3.8, 4) is 5.75 Å². The maximum atomic E-state index is 14.0. The molecule has 2 heterocycles. The Bertz CT molecular complexity index is 1600. The first-order valence-corrected chi connectivity index (χ1v) is 21.4. The monoisotopic (exact) mass is 687 g/mol. The lowest BCUT2D eigenvalue weighted by Crippen LogP contribution is -2.70. The third-order valence-corrected chi connectivity index (χ3v) is 17.7. The molecule has 7 rings (SSSR count). The number of hydrogen-bond donors (Lipinski definition) is 2. The topological polar surface area (TPSA) is 91.3 Å². The minimum absolute atomic E-state index is 0.0480. The lowest BCUT2D eigenvalue weighted by Gasteiger charge is -2.66. The first kappa shape index (κ1) is 34.6. The molecule has 2 aromatic rings. The number of aliphatic hydroxyl groups excluding tert-OH is 1. The first-order valence-electron chi connectivity index (χ1n) is 18.5. The highest BCUT2D eigenvalue weighted by molar-refractivity contribution is 6.74. The number of hydrogen-bond acceptors (Lipinski definition) is 6. The van der Waals surface area contributed by atoms with E-state index in [0.29, 0.717) is 24.4 Å². The average Bonchev–Trinajstić information content (AvgIpc) is 3.46. The van der Waals surface area contributed by atoms with E-state index >= 15 is 0 Å². The van der Waals surface area contributed by atoms with Gasteiger partial charge in [-0.3, -0.25) is 9.69 Å². The Balaban J connectivity index is 1.23. The number of carbonyl (C=O) groups excluding carboxylic acids is 2. The van der Waals surface area contributed by atoms with E-state index in [1.165, 1.54) is 11.1 Å². The van der Waals surface area contributed by atoms with E-state index in [9.17, 15) is 14.7 Å². The number of amides is 2. The number of piperidine rings is 1. The molecule has 5 aliphatic rings. The molecule has 2 aromatic carbocycles. The van der Waals surface area contributed by atoms with Crippen molar-refractivity contribution in [2.45, 2.75) is 121 Å².